The van der Waals surface area contributed by atoms with Crippen molar-refractivity contribution in [3.05, 3.63) is 76.1 Å². The smallest absolute Gasteiger partial charge is 0.201 e. The van der Waals surface area contributed by atoms with Crippen LogP contribution in [0.2, 0.25) is 0 Å². The van der Waals surface area contributed by atoms with E-state index in [-0.39, 0.29) is 41.9 Å². The number of benzene rings is 2. The first-order valence-corrected chi connectivity index (χ1v) is 14.1. The van der Waals surface area contributed by atoms with E-state index in [1.165, 1.54) is 11.6 Å². The molecule has 1 fully saturated rings. The van der Waals surface area contributed by atoms with Crippen molar-refractivity contribution in [2.24, 2.45) is 5.92 Å². The van der Waals surface area contributed by atoms with Crippen LogP contribution in [0.25, 0.3) is 11.1 Å². The maximum absolute atomic E-state index is 15.4. The standard InChI is InChI=1S/C32H36F4O2/c1-3-5-20-9-13-24(38-18-20)12-8-19-6-10-21(11-7-19)25-16-22-15-23-17-26(37-14-4-2)30(34)32(36)28(23)27(22)31(35)29(25)33/h8,12,16-19,21,24H,3-7,9-11,13-15H2,1-2H3. The van der Waals surface area contributed by atoms with Gasteiger partial charge in [-0.05, 0) is 104 Å². The van der Waals surface area contributed by atoms with Crippen LogP contribution in [0, 0.1) is 29.2 Å². The molecule has 5 rings (SSSR count). The molecule has 3 aliphatic rings. The summed E-state index contributed by atoms with van der Waals surface area (Å²) in [4.78, 5) is 0. The molecule has 2 nitrogen and oxygen atoms in total. The van der Waals surface area contributed by atoms with Gasteiger partial charge in [0, 0.05) is 11.1 Å². The summed E-state index contributed by atoms with van der Waals surface area (Å²) in [5, 5.41) is 0. The Morgan fingerprint density at radius 3 is 2.21 bits per heavy atom. The van der Waals surface area contributed by atoms with Crippen molar-refractivity contribution >= 4 is 0 Å². The quantitative estimate of drug-likeness (QED) is 0.214. The number of halogens is 4. The van der Waals surface area contributed by atoms with Crippen molar-refractivity contribution in [3.63, 3.8) is 0 Å². The van der Waals surface area contributed by atoms with E-state index in [1.807, 2.05) is 13.2 Å². The first kappa shape index (κ1) is 26.8. The van der Waals surface area contributed by atoms with Crippen LogP contribution < -0.4 is 4.74 Å². The topological polar surface area (TPSA) is 18.5 Å². The molecule has 1 aliphatic heterocycles. The molecule has 38 heavy (non-hydrogen) atoms. The van der Waals surface area contributed by atoms with Gasteiger partial charge in [-0.15, -0.1) is 0 Å². The first-order chi connectivity index (χ1) is 18.4. The highest BCUT2D eigenvalue weighted by Gasteiger charge is 2.34. The van der Waals surface area contributed by atoms with Gasteiger partial charge in [-0.1, -0.05) is 32.4 Å². The summed E-state index contributed by atoms with van der Waals surface area (Å²) in [6.45, 7) is 4.29. The maximum Gasteiger partial charge on any atom is 0.201 e. The van der Waals surface area contributed by atoms with Crippen LogP contribution in [0.3, 0.4) is 0 Å². The molecule has 0 N–H and O–H groups in total. The van der Waals surface area contributed by atoms with Crippen LogP contribution >= 0.6 is 0 Å². The zero-order valence-electron chi connectivity index (χ0n) is 22.2. The van der Waals surface area contributed by atoms with Crippen molar-refractivity contribution in [2.75, 3.05) is 6.61 Å². The molecule has 0 spiro atoms. The largest absolute Gasteiger partial charge is 0.494 e. The molecule has 6 heteroatoms. The zero-order chi connectivity index (χ0) is 26.8. The Balaban J connectivity index is 1.28. The SMILES string of the molecule is CCCOc1cc2c(c(F)c1F)-c1c(cc(C3CCC(C=CC4CCC(CCC)=CO4)CC3)c(F)c1F)C2. The maximum atomic E-state index is 15.4. The molecule has 0 radical (unpaired) electrons. The van der Waals surface area contributed by atoms with Gasteiger partial charge < -0.3 is 9.47 Å². The Morgan fingerprint density at radius 1 is 0.842 bits per heavy atom. The fourth-order valence-electron chi connectivity index (χ4n) is 6.18. The van der Waals surface area contributed by atoms with Crippen molar-refractivity contribution in [3.8, 4) is 16.9 Å². The summed E-state index contributed by atoms with van der Waals surface area (Å²) in [5.41, 5.74) is 2.33. The van der Waals surface area contributed by atoms with Crippen LogP contribution in [0.15, 0.2) is 36.1 Å². The second-order valence-corrected chi connectivity index (χ2v) is 10.9. The molecule has 204 valence electrons. The van der Waals surface area contributed by atoms with Crippen LogP contribution in [0.1, 0.15) is 94.2 Å². The average Bonchev–Trinajstić information content (AvgIpc) is 3.30. The van der Waals surface area contributed by atoms with Gasteiger partial charge in [0.25, 0.3) is 0 Å². The van der Waals surface area contributed by atoms with Gasteiger partial charge >= 0.3 is 0 Å². The summed E-state index contributed by atoms with van der Waals surface area (Å²) in [5.74, 6) is -4.24. The molecule has 1 heterocycles. The molecule has 1 unspecified atom stereocenters. The van der Waals surface area contributed by atoms with Crippen LogP contribution in [-0.4, -0.2) is 12.7 Å². The fraction of sp³-hybridized carbons (Fsp3) is 0.500. The van der Waals surface area contributed by atoms with Crippen LogP contribution in [0.4, 0.5) is 17.6 Å². The lowest BCUT2D eigenvalue weighted by Gasteiger charge is -2.28. The minimum Gasteiger partial charge on any atom is -0.494 e. The Morgan fingerprint density at radius 2 is 1.55 bits per heavy atom. The third kappa shape index (κ3) is 5.23. The highest BCUT2D eigenvalue weighted by molar-refractivity contribution is 5.79. The first-order valence-electron chi connectivity index (χ1n) is 14.1. The highest BCUT2D eigenvalue weighted by Crippen LogP contribution is 2.47. The van der Waals surface area contributed by atoms with Gasteiger partial charge in [0.15, 0.2) is 23.2 Å². The number of rotatable bonds is 8. The Labute approximate surface area is 222 Å². The number of hydrogen-bond acceptors (Lipinski definition) is 2. The molecule has 1 saturated carbocycles. The molecule has 2 aliphatic carbocycles. The molecule has 2 aromatic rings. The van der Waals surface area contributed by atoms with Crippen molar-refractivity contribution in [1.82, 2.24) is 0 Å². The van der Waals surface area contributed by atoms with Crippen LogP contribution in [0.5, 0.6) is 5.75 Å². The summed E-state index contributed by atoms with van der Waals surface area (Å²) in [7, 11) is 0. The van der Waals surface area contributed by atoms with Crippen molar-refractivity contribution in [2.45, 2.75) is 90.1 Å². The predicted molar refractivity (Wildman–Crippen MR) is 141 cm³/mol. The van der Waals surface area contributed by atoms with E-state index in [9.17, 15) is 8.78 Å². The molecular weight excluding hydrogens is 492 g/mol. The second kappa shape index (κ2) is 11.5. The number of hydrogen-bond donors (Lipinski definition) is 0. The molecular formula is C32H36F4O2. The fourth-order valence-corrected chi connectivity index (χ4v) is 6.18. The summed E-state index contributed by atoms with van der Waals surface area (Å²) in [6, 6.07) is 3.10. The van der Waals surface area contributed by atoms with Gasteiger partial charge in [0.05, 0.1) is 12.9 Å². The minimum atomic E-state index is -1.18. The van der Waals surface area contributed by atoms with Crippen molar-refractivity contribution < 1.29 is 27.0 Å². The van der Waals surface area contributed by atoms with E-state index in [0.29, 0.717) is 29.0 Å². The van der Waals surface area contributed by atoms with Gasteiger partial charge in [-0.3, -0.25) is 0 Å². The van der Waals surface area contributed by atoms with Gasteiger partial charge in [-0.25, -0.2) is 13.2 Å². The lowest BCUT2D eigenvalue weighted by molar-refractivity contribution is 0.157. The minimum absolute atomic E-state index is 0.0985. The van der Waals surface area contributed by atoms with Gasteiger partial charge in [0.1, 0.15) is 6.10 Å². The van der Waals surface area contributed by atoms with Crippen molar-refractivity contribution in [1.29, 1.82) is 0 Å². The van der Waals surface area contributed by atoms with E-state index in [4.69, 9.17) is 9.47 Å². The Hall–Kier alpha value is -2.76. The number of fused-ring (bicyclic) bond motifs is 3. The molecule has 0 saturated heterocycles. The molecule has 0 bridgehead atoms. The van der Waals surface area contributed by atoms with E-state index >= 15 is 8.78 Å². The van der Waals surface area contributed by atoms with E-state index in [2.05, 4.69) is 19.1 Å². The van der Waals surface area contributed by atoms with Gasteiger partial charge in [0.2, 0.25) is 5.82 Å². The number of ether oxygens (including phenoxy) is 2. The molecule has 2 aromatic carbocycles. The Bertz CT molecular complexity index is 1240. The molecule has 0 aromatic heterocycles. The lowest BCUT2D eigenvalue weighted by atomic mass is 9.77. The molecule has 0 amide bonds. The zero-order valence-corrected chi connectivity index (χ0v) is 22.2. The normalized spacial score (nSPS) is 22.7. The summed E-state index contributed by atoms with van der Waals surface area (Å²) >= 11 is 0. The van der Waals surface area contributed by atoms with E-state index in [1.54, 1.807) is 6.07 Å². The predicted octanol–water partition coefficient (Wildman–Crippen LogP) is 9.30. The van der Waals surface area contributed by atoms with Gasteiger partial charge in [-0.2, -0.15) is 4.39 Å². The third-order valence-corrected chi connectivity index (χ3v) is 8.20. The summed E-state index contributed by atoms with van der Waals surface area (Å²) in [6.07, 6.45) is 14.9. The molecule has 1 atom stereocenters. The van der Waals surface area contributed by atoms with Crippen LogP contribution in [-0.2, 0) is 11.2 Å². The van der Waals surface area contributed by atoms with E-state index < -0.39 is 23.3 Å². The summed E-state index contributed by atoms with van der Waals surface area (Å²) < 4.78 is 71.5. The lowest BCUT2D eigenvalue weighted by Crippen LogP contribution is -2.16. The average molecular weight is 529 g/mol. The highest BCUT2D eigenvalue weighted by atomic mass is 19.2. The Kier molecular flexibility index (Phi) is 8.15. The second-order valence-electron chi connectivity index (χ2n) is 10.9. The third-order valence-electron chi connectivity index (χ3n) is 8.20. The van der Waals surface area contributed by atoms with E-state index in [0.717, 1.165) is 51.4 Å². The number of allylic oxidation sites excluding steroid dienone is 2. The monoisotopic (exact) mass is 528 g/mol.